The molecule has 1 atom stereocenters. The van der Waals surface area contributed by atoms with E-state index in [1.54, 1.807) is 6.07 Å². The summed E-state index contributed by atoms with van der Waals surface area (Å²) in [6.07, 6.45) is -3.23. The maximum absolute atomic E-state index is 12.6. The van der Waals surface area contributed by atoms with Gasteiger partial charge in [-0.15, -0.1) is 0 Å². The number of alkyl halides is 3. The average molecular weight is 356 g/mol. The molecule has 9 heteroatoms. The van der Waals surface area contributed by atoms with Gasteiger partial charge in [0, 0.05) is 5.69 Å². The summed E-state index contributed by atoms with van der Waals surface area (Å²) < 4.78 is 42.9. The number of amides is 2. The Kier molecular flexibility index (Phi) is 5.17. The van der Waals surface area contributed by atoms with Crippen LogP contribution in [-0.2, 0) is 21.4 Å². The van der Waals surface area contributed by atoms with E-state index in [4.69, 9.17) is 4.42 Å². The molecule has 6 nitrogen and oxygen atoms in total. The summed E-state index contributed by atoms with van der Waals surface area (Å²) in [5.74, 6) is -2.08. The van der Waals surface area contributed by atoms with E-state index in [2.05, 4.69) is 10.6 Å². The summed E-state index contributed by atoms with van der Waals surface area (Å²) in [6.45, 7) is 1.05. The molecule has 1 aromatic heterocycles. The average Bonchev–Trinajstić information content (AvgIpc) is 3.07. The minimum atomic E-state index is -4.56. The monoisotopic (exact) mass is 356 g/mol. The number of halogens is 3. The van der Waals surface area contributed by atoms with Gasteiger partial charge in [0.2, 0.25) is 0 Å². The second-order valence-corrected chi connectivity index (χ2v) is 5.47. The molecule has 2 rings (SSSR count). The largest absolute Gasteiger partial charge is 0.466 e. The molecule has 0 fully saturated rings. The van der Waals surface area contributed by atoms with Crippen LogP contribution in [0.4, 0.5) is 18.9 Å². The van der Waals surface area contributed by atoms with Crippen LogP contribution in [0.15, 0.2) is 47.1 Å². The van der Waals surface area contributed by atoms with Crippen LogP contribution in [0.1, 0.15) is 18.2 Å². The fourth-order valence-electron chi connectivity index (χ4n) is 1.97. The van der Waals surface area contributed by atoms with Gasteiger partial charge in [-0.25, -0.2) is 0 Å². The van der Waals surface area contributed by atoms with Crippen molar-refractivity contribution in [2.24, 2.45) is 0 Å². The van der Waals surface area contributed by atoms with Gasteiger partial charge in [-0.2, -0.15) is 13.2 Å². The molecule has 0 radical (unpaired) electrons. The first-order chi connectivity index (χ1) is 11.6. The first kappa shape index (κ1) is 18.5. The Labute approximate surface area is 140 Å². The third kappa shape index (κ3) is 4.83. The van der Waals surface area contributed by atoms with Crippen molar-refractivity contribution in [3.05, 3.63) is 54.0 Å². The minimum Gasteiger partial charge on any atom is -0.466 e. The van der Waals surface area contributed by atoms with E-state index < -0.39 is 29.2 Å². The normalized spacial score (nSPS) is 13.8. The molecule has 0 spiro atoms. The lowest BCUT2D eigenvalue weighted by atomic mass is 10.0. The van der Waals surface area contributed by atoms with Crippen molar-refractivity contribution in [2.75, 3.05) is 11.9 Å². The van der Waals surface area contributed by atoms with Crippen LogP contribution < -0.4 is 10.6 Å². The van der Waals surface area contributed by atoms with Crippen LogP contribution in [0.2, 0.25) is 0 Å². The number of carbonyl (C=O) groups is 2. The summed E-state index contributed by atoms with van der Waals surface area (Å²) in [7, 11) is 0. The number of anilines is 1. The molecule has 0 aliphatic heterocycles. The molecule has 0 bridgehead atoms. The minimum absolute atomic E-state index is 0.173. The zero-order chi connectivity index (χ0) is 18.7. The third-order valence-electron chi connectivity index (χ3n) is 3.30. The van der Waals surface area contributed by atoms with Gasteiger partial charge in [0.1, 0.15) is 11.4 Å². The topological polar surface area (TPSA) is 91.6 Å². The van der Waals surface area contributed by atoms with Crippen molar-refractivity contribution >= 4 is 17.5 Å². The Morgan fingerprint density at radius 2 is 1.88 bits per heavy atom. The van der Waals surface area contributed by atoms with E-state index in [0.29, 0.717) is 6.07 Å². The maximum Gasteiger partial charge on any atom is 0.416 e. The number of aliphatic hydroxyl groups is 1. The smallest absolute Gasteiger partial charge is 0.416 e. The third-order valence-corrected chi connectivity index (χ3v) is 3.30. The number of carbonyl (C=O) groups excluding carboxylic acids is 2. The lowest BCUT2D eigenvalue weighted by Crippen LogP contribution is -2.43. The van der Waals surface area contributed by atoms with Crippen molar-refractivity contribution in [1.82, 2.24) is 5.32 Å². The van der Waals surface area contributed by atoms with Gasteiger partial charge < -0.3 is 20.2 Å². The number of hydrogen-bond acceptors (Lipinski definition) is 4. The van der Waals surface area contributed by atoms with Gasteiger partial charge in [-0.3, -0.25) is 9.59 Å². The van der Waals surface area contributed by atoms with Crippen molar-refractivity contribution in [1.29, 1.82) is 0 Å². The SMILES string of the molecule is CC(O)(CNC(=O)C(=O)Nc1cccc(C(F)(F)F)c1)c1ccco1. The van der Waals surface area contributed by atoms with Crippen LogP contribution in [0.3, 0.4) is 0 Å². The van der Waals surface area contributed by atoms with E-state index in [1.165, 1.54) is 25.3 Å². The molecule has 25 heavy (non-hydrogen) atoms. The second kappa shape index (κ2) is 6.98. The first-order valence-corrected chi connectivity index (χ1v) is 7.12. The summed E-state index contributed by atoms with van der Waals surface area (Å²) in [4.78, 5) is 23.5. The zero-order valence-electron chi connectivity index (χ0n) is 13.1. The summed E-state index contributed by atoms with van der Waals surface area (Å²) in [5, 5.41) is 14.4. The van der Waals surface area contributed by atoms with Gasteiger partial charge in [-0.05, 0) is 37.3 Å². The van der Waals surface area contributed by atoms with E-state index >= 15 is 0 Å². The molecule has 1 heterocycles. The van der Waals surface area contributed by atoms with Gasteiger partial charge in [0.15, 0.2) is 0 Å². The Balaban J connectivity index is 1.96. The van der Waals surface area contributed by atoms with E-state index in [9.17, 15) is 27.9 Å². The van der Waals surface area contributed by atoms with Crippen LogP contribution in [0.25, 0.3) is 0 Å². The molecule has 0 saturated heterocycles. The summed E-state index contributed by atoms with van der Waals surface area (Å²) in [5.41, 5.74) is -2.67. The number of nitrogens with one attached hydrogen (secondary N) is 2. The van der Waals surface area contributed by atoms with Gasteiger partial charge >= 0.3 is 18.0 Å². The molecule has 2 amide bonds. The summed E-state index contributed by atoms with van der Waals surface area (Å²) >= 11 is 0. The lowest BCUT2D eigenvalue weighted by molar-refractivity contribution is -0.137. The fraction of sp³-hybridized carbons (Fsp3) is 0.250. The Morgan fingerprint density at radius 1 is 1.16 bits per heavy atom. The number of furan rings is 1. The Hall–Kier alpha value is -2.81. The van der Waals surface area contributed by atoms with Crippen molar-refractivity contribution in [3.8, 4) is 0 Å². The molecule has 0 aliphatic carbocycles. The van der Waals surface area contributed by atoms with Crippen molar-refractivity contribution in [2.45, 2.75) is 18.7 Å². The van der Waals surface area contributed by atoms with Crippen LogP contribution in [0, 0.1) is 0 Å². The van der Waals surface area contributed by atoms with Gasteiger partial charge in [-0.1, -0.05) is 6.07 Å². The predicted octanol–water partition coefficient (Wildman–Crippen LogP) is 2.26. The van der Waals surface area contributed by atoms with Crippen LogP contribution >= 0.6 is 0 Å². The fourth-order valence-corrected chi connectivity index (χ4v) is 1.97. The molecular formula is C16H15F3N2O4. The quantitative estimate of drug-likeness (QED) is 0.733. The lowest BCUT2D eigenvalue weighted by Gasteiger charge is -2.20. The predicted molar refractivity (Wildman–Crippen MR) is 81.4 cm³/mol. The highest BCUT2D eigenvalue weighted by Gasteiger charge is 2.31. The number of benzene rings is 1. The van der Waals surface area contributed by atoms with Crippen LogP contribution in [-0.4, -0.2) is 23.5 Å². The molecule has 0 aliphatic rings. The van der Waals surface area contributed by atoms with Gasteiger partial charge in [0.05, 0.1) is 18.4 Å². The molecule has 1 unspecified atom stereocenters. The highest BCUT2D eigenvalue weighted by molar-refractivity contribution is 6.39. The Morgan fingerprint density at radius 3 is 2.48 bits per heavy atom. The van der Waals surface area contributed by atoms with E-state index in [-0.39, 0.29) is 18.0 Å². The molecule has 0 saturated carbocycles. The van der Waals surface area contributed by atoms with E-state index in [0.717, 1.165) is 12.1 Å². The second-order valence-electron chi connectivity index (χ2n) is 5.47. The van der Waals surface area contributed by atoms with E-state index in [1.807, 2.05) is 0 Å². The molecule has 1 aromatic carbocycles. The van der Waals surface area contributed by atoms with Crippen molar-refractivity contribution in [3.63, 3.8) is 0 Å². The molecule has 2 aromatic rings. The standard InChI is InChI=1S/C16H15F3N2O4/c1-15(24,12-6-3-7-25-12)9-20-13(22)14(23)21-11-5-2-4-10(8-11)16(17,18)19/h2-8,24H,9H2,1H3,(H,20,22)(H,21,23). The molecular weight excluding hydrogens is 341 g/mol. The number of hydrogen-bond donors (Lipinski definition) is 3. The highest BCUT2D eigenvalue weighted by Crippen LogP contribution is 2.30. The van der Waals surface area contributed by atoms with Crippen LogP contribution in [0.5, 0.6) is 0 Å². The summed E-state index contributed by atoms with van der Waals surface area (Å²) in [6, 6.07) is 6.93. The molecule has 3 N–H and O–H groups in total. The van der Waals surface area contributed by atoms with Gasteiger partial charge in [0.25, 0.3) is 0 Å². The Bertz CT molecular complexity index is 755. The number of rotatable bonds is 4. The zero-order valence-corrected chi connectivity index (χ0v) is 13.1. The first-order valence-electron chi connectivity index (χ1n) is 7.12. The highest BCUT2D eigenvalue weighted by atomic mass is 19.4. The van der Waals surface area contributed by atoms with Crippen molar-refractivity contribution < 1.29 is 32.3 Å². The maximum atomic E-state index is 12.6. The molecule has 134 valence electrons.